The van der Waals surface area contributed by atoms with Crippen LogP contribution in [0.3, 0.4) is 0 Å². The van der Waals surface area contributed by atoms with Gasteiger partial charge in [-0.15, -0.1) is 0 Å². The van der Waals surface area contributed by atoms with E-state index in [1.165, 1.54) is 103 Å². The Morgan fingerprint density at radius 1 is 0.478 bits per heavy atom. The van der Waals surface area contributed by atoms with Gasteiger partial charge in [0.25, 0.3) is 0 Å². The molecule has 23 heavy (non-hydrogen) atoms. The third kappa shape index (κ3) is 21.7. The van der Waals surface area contributed by atoms with E-state index in [1.807, 2.05) is 0 Å². The molecule has 0 heterocycles. The van der Waals surface area contributed by atoms with Crippen LogP contribution >= 0.6 is 0 Å². The van der Waals surface area contributed by atoms with Gasteiger partial charge in [0.05, 0.1) is 0 Å². The highest BCUT2D eigenvalue weighted by Crippen LogP contribution is 2.10. The first-order chi connectivity index (χ1) is 11.4. The van der Waals surface area contributed by atoms with E-state index in [0.29, 0.717) is 0 Å². The van der Waals surface area contributed by atoms with Crippen molar-refractivity contribution in [2.75, 3.05) is 13.2 Å². The summed E-state index contributed by atoms with van der Waals surface area (Å²) >= 11 is 0. The second kappa shape index (κ2) is 21.7. The standard InChI is InChI=1S/C22H44O/c1-3-5-7-8-9-10-11-12-13-14-15-16-17-18-19-20-22-23-21-6-4-2/h12-13H,3-11,14-22H2,1-2H3. The summed E-state index contributed by atoms with van der Waals surface area (Å²) in [5.41, 5.74) is 0. The fourth-order valence-electron chi connectivity index (χ4n) is 2.80. The molecule has 0 aliphatic heterocycles. The summed E-state index contributed by atoms with van der Waals surface area (Å²) in [6.07, 6.45) is 26.5. The zero-order valence-electron chi connectivity index (χ0n) is 16.3. The lowest BCUT2D eigenvalue weighted by atomic mass is 10.1. The molecule has 0 saturated heterocycles. The molecule has 138 valence electrons. The van der Waals surface area contributed by atoms with Gasteiger partial charge < -0.3 is 4.74 Å². The van der Waals surface area contributed by atoms with Crippen molar-refractivity contribution in [2.24, 2.45) is 0 Å². The average Bonchev–Trinajstić information content (AvgIpc) is 2.57. The minimum Gasteiger partial charge on any atom is -0.381 e. The Labute approximate surface area is 147 Å². The van der Waals surface area contributed by atoms with Crippen LogP contribution in [-0.2, 0) is 4.74 Å². The molecule has 0 fully saturated rings. The lowest BCUT2D eigenvalue weighted by Gasteiger charge is -2.03. The average molecular weight is 325 g/mol. The number of ether oxygens (including phenoxy) is 1. The topological polar surface area (TPSA) is 9.23 Å². The third-order valence-electron chi connectivity index (χ3n) is 4.44. The molecule has 0 rings (SSSR count). The van der Waals surface area contributed by atoms with Gasteiger partial charge >= 0.3 is 0 Å². The fraction of sp³-hybridized carbons (Fsp3) is 0.909. The van der Waals surface area contributed by atoms with Crippen LogP contribution in [0.15, 0.2) is 12.2 Å². The van der Waals surface area contributed by atoms with Gasteiger partial charge in [0, 0.05) is 13.2 Å². The van der Waals surface area contributed by atoms with Crippen molar-refractivity contribution in [2.45, 2.75) is 117 Å². The van der Waals surface area contributed by atoms with Crippen molar-refractivity contribution in [3.8, 4) is 0 Å². The summed E-state index contributed by atoms with van der Waals surface area (Å²) in [6.45, 7) is 6.43. The van der Waals surface area contributed by atoms with Gasteiger partial charge in [0.15, 0.2) is 0 Å². The Bertz CT molecular complexity index is 222. The summed E-state index contributed by atoms with van der Waals surface area (Å²) in [6, 6.07) is 0. The van der Waals surface area contributed by atoms with Gasteiger partial charge in [-0.2, -0.15) is 0 Å². The van der Waals surface area contributed by atoms with Gasteiger partial charge in [-0.25, -0.2) is 0 Å². The highest BCUT2D eigenvalue weighted by atomic mass is 16.5. The minimum atomic E-state index is 0.960. The maximum Gasteiger partial charge on any atom is 0.0466 e. The highest BCUT2D eigenvalue weighted by molar-refractivity contribution is 4.81. The smallest absolute Gasteiger partial charge is 0.0466 e. The van der Waals surface area contributed by atoms with Crippen LogP contribution in [0.1, 0.15) is 117 Å². The van der Waals surface area contributed by atoms with Gasteiger partial charge in [-0.1, -0.05) is 90.2 Å². The van der Waals surface area contributed by atoms with Gasteiger partial charge in [-0.3, -0.25) is 0 Å². The molecule has 0 aromatic carbocycles. The summed E-state index contributed by atoms with van der Waals surface area (Å²) in [5.74, 6) is 0. The molecule has 0 saturated carbocycles. The second-order valence-electron chi connectivity index (χ2n) is 6.90. The number of hydrogen-bond donors (Lipinski definition) is 0. The van der Waals surface area contributed by atoms with Crippen LogP contribution in [0.5, 0.6) is 0 Å². The van der Waals surface area contributed by atoms with Crippen LogP contribution < -0.4 is 0 Å². The van der Waals surface area contributed by atoms with E-state index < -0.39 is 0 Å². The molecule has 1 nitrogen and oxygen atoms in total. The Morgan fingerprint density at radius 2 is 0.913 bits per heavy atom. The Kier molecular flexibility index (Phi) is 21.4. The predicted octanol–water partition coefficient (Wildman–Crippen LogP) is 7.84. The Hall–Kier alpha value is -0.300. The van der Waals surface area contributed by atoms with Crippen LogP contribution in [0.2, 0.25) is 0 Å². The molecule has 0 spiro atoms. The summed E-state index contributed by atoms with van der Waals surface area (Å²) in [5, 5.41) is 0. The summed E-state index contributed by atoms with van der Waals surface area (Å²) in [4.78, 5) is 0. The molecule has 0 bridgehead atoms. The first-order valence-corrected chi connectivity index (χ1v) is 10.6. The molecule has 0 aromatic rings. The highest BCUT2D eigenvalue weighted by Gasteiger charge is 1.92. The maximum absolute atomic E-state index is 5.58. The fourth-order valence-corrected chi connectivity index (χ4v) is 2.80. The maximum atomic E-state index is 5.58. The first-order valence-electron chi connectivity index (χ1n) is 10.6. The van der Waals surface area contributed by atoms with E-state index in [9.17, 15) is 0 Å². The summed E-state index contributed by atoms with van der Waals surface area (Å²) in [7, 11) is 0. The number of unbranched alkanes of at least 4 members (excludes halogenated alkanes) is 13. The largest absolute Gasteiger partial charge is 0.381 e. The van der Waals surface area contributed by atoms with Crippen molar-refractivity contribution in [3.63, 3.8) is 0 Å². The quantitative estimate of drug-likeness (QED) is 0.174. The lowest BCUT2D eigenvalue weighted by molar-refractivity contribution is 0.127. The first kappa shape index (κ1) is 22.7. The molecule has 0 aliphatic carbocycles. The van der Waals surface area contributed by atoms with Crippen LogP contribution in [0.4, 0.5) is 0 Å². The van der Waals surface area contributed by atoms with Crippen molar-refractivity contribution in [1.29, 1.82) is 0 Å². The zero-order chi connectivity index (χ0) is 16.8. The number of hydrogen-bond acceptors (Lipinski definition) is 1. The SMILES string of the molecule is CCCCCCCCC=CCCCCCCCCOCCCC. The summed E-state index contributed by atoms with van der Waals surface area (Å²) < 4.78 is 5.58. The zero-order valence-corrected chi connectivity index (χ0v) is 16.3. The van der Waals surface area contributed by atoms with Gasteiger partial charge in [0.2, 0.25) is 0 Å². The molecule has 0 unspecified atom stereocenters. The number of rotatable bonds is 19. The molecule has 1 heteroatoms. The van der Waals surface area contributed by atoms with Crippen LogP contribution in [0.25, 0.3) is 0 Å². The monoisotopic (exact) mass is 324 g/mol. The van der Waals surface area contributed by atoms with E-state index in [1.54, 1.807) is 0 Å². The number of allylic oxidation sites excluding steroid dienone is 2. The van der Waals surface area contributed by atoms with Crippen LogP contribution in [-0.4, -0.2) is 13.2 Å². The Balaban J connectivity index is 3.02. The second-order valence-corrected chi connectivity index (χ2v) is 6.90. The lowest BCUT2D eigenvalue weighted by Crippen LogP contribution is -1.96. The van der Waals surface area contributed by atoms with Gasteiger partial charge in [-0.05, 0) is 38.5 Å². The van der Waals surface area contributed by atoms with E-state index >= 15 is 0 Å². The van der Waals surface area contributed by atoms with Gasteiger partial charge in [0.1, 0.15) is 0 Å². The molecule has 0 aliphatic rings. The van der Waals surface area contributed by atoms with Crippen molar-refractivity contribution in [3.05, 3.63) is 12.2 Å². The van der Waals surface area contributed by atoms with E-state index in [4.69, 9.17) is 4.74 Å². The molecule has 0 atom stereocenters. The molecule has 0 aromatic heterocycles. The van der Waals surface area contributed by atoms with E-state index in [2.05, 4.69) is 26.0 Å². The Morgan fingerprint density at radius 3 is 1.48 bits per heavy atom. The van der Waals surface area contributed by atoms with Crippen molar-refractivity contribution in [1.82, 2.24) is 0 Å². The normalized spacial score (nSPS) is 11.6. The molecule has 0 amide bonds. The molecular weight excluding hydrogens is 280 g/mol. The van der Waals surface area contributed by atoms with E-state index in [-0.39, 0.29) is 0 Å². The van der Waals surface area contributed by atoms with E-state index in [0.717, 1.165) is 13.2 Å². The molecule has 0 radical (unpaired) electrons. The minimum absolute atomic E-state index is 0.960. The van der Waals surface area contributed by atoms with Crippen molar-refractivity contribution >= 4 is 0 Å². The molecule has 0 N–H and O–H groups in total. The third-order valence-corrected chi connectivity index (χ3v) is 4.44. The van der Waals surface area contributed by atoms with Crippen LogP contribution in [0, 0.1) is 0 Å². The van der Waals surface area contributed by atoms with Crippen molar-refractivity contribution < 1.29 is 4.74 Å². The predicted molar refractivity (Wildman–Crippen MR) is 105 cm³/mol. The molecular formula is C22H44O.